The zero-order chi connectivity index (χ0) is 21.0. The van der Waals surface area contributed by atoms with E-state index in [-0.39, 0.29) is 23.5 Å². The molecule has 1 aliphatic rings. The second kappa shape index (κ2) is 8.42. The zero-order valence-corrected chi connectivity index (χ0v) is 15.5. The van der Waals surface area contributed by atoms with E-state index in [0.29, 0.717) is 17.1 Å². The molecule has 0 aromatic heterocycles. The molecule has 0 radical (unpaired) electrons. The highest BCUT2D eigenvalue weighted by Crippen LogP contribution is 2.30. The lowest BCUT2D eigenvalue weighted by Gasteiger charge is -2.16. The number of carbonyl (C=O) groups is 2. The van der Waals surface area contributed by atoms with E-state index in [0.717, 1.165) is 25.0 Å². The van der Waals surface area contributed by atoms with Gasteiger partial charge in [-0.1, -0.05) is 6.07 Å². The van der Waals surface area contributed by atoms with Crippen LogP contribution in [0.3, 0.4) is 0 Å². The molecule has 0 saturated heterocycles. The number of hydrogen-bond acceptors (Lipinski definition) is 4. The van der Waals surface area contributed by atoms with Crippen molar-refractivity contribution >= 4 is 28.9 Å². The van der Waals surface area contributed by atoms with Crippen molar-refractivity contribution in [2.24, 2.45) is 5.92 Å². The molecular formula is C20H20F3N3O3. The largest absolute Gasteiger partial charge is 0.573 e. The van der Waals surface area contributed by atoms with Crippen LogP contribution in [0.2, 0.25) is 0 Å². The van der Waals surface area contributed by atoms with Gasteiger partial charge in [-0.05, 0) is 62.2 Å². The van der Waals surface area contributed by atoms with Crippen molar-refractivity contribution < 1.29 is 27.5 Å². The van der Waals surface area contributed by atoms with Gasteiger partial charge in [0.1, 0.15) is 11.8 Å². The predicted molar refractivity (Wildman–Crippen MR) is 103 cm³/mol. The second-order valence-corrected chi connectivity index (χ2v) is 6.77. The van der Waals surface area contributed by atoms with Crippen molar-refractivity contribution in [3.63, 3.8) is 0 Å². The van der Waals surface area contributed by atoms with E-state index in [1.807, 2.05) is 0 Å². The Morgan fingerprint density at radius 2 is 1.66 bits per heavy atom. The zero-order valence-electron chi connectivity index (χ0n) is 15.5. The van der Waals surface area contributed by atoms with E-state index in [1.165, 1.54) is 12.1 Å². The molecule has 1 fully saturated rings. The quantitative estimate of drug-likeness (QED) is 0.637. The number of ether oxygens (including phenoxy) is 1. The molecule has 29 heavy (non-hydrogen) atoms. The Hall–Kier alpha value is -3.23. The monoisotopic (exact) mass is 407 g/mol. The van der Waals surface area contributed by atoms with Gasteiger partial charge in [-0.2, -0.15) is 0 Å². The smallest absolute Gasteiger partial charge is 0.406 e. The summed E-state index contributed by atoms with van der Waals surface area (Å²) in [6.07, 6.45) is -2.95. The fourth-order valence-corrected chi connectivity index (χ4v) is 2.58. The molecule has 9 heteroatoms. The normalized spacial score (nSPS) is 14.6. The predicted octanol–water partition coefficient (Wildman–Crippen LogP) is 4.37. The third kappa shape index (κ3) is 6.41. The summed E-state index contributed by atoms with van der Waals surface area (Å²) >= 11 is 0. The van der Waals surface area contributed by atoms with Crippen LogP contribution in [0.1, 0.15) is 19.8 Å². The molecule has 0 bridgehead atoms. The molecule has 1 saturated carbocycles. The Morgan fingerprint density at radius 1 is 1.00 bits per heavy atom. The summed E-state index contributed by atoms with van der Waals surface area (Å²) in [6, 6.07) is 11.3. The maximum atomic E-state index is 12.3. The summed E-state index contributed by atoms with van der Waals surface area (Å²) in [7, 11) is 0. The van der Waals surface area contributed by atoms with Crippen LogP contribution in [-0.2, 0) is 9.59 Å². The summed E-state index contributed by atoms with van der Waals surface area (Å²) in [4.78, 5) is 24.2. The van der Waals surface area contributed by atoms with Crippen LogP contribution >= 0.6 is 0 Å². The van der Waals surface area contributed by atoms with Gasteiger partial charge in [0.15, 0.2) is 0 Å². The van der Waals surface area contributed by atoms with Gasteiger partial charge in [0.05, 0.1) is 0 Å². The lowest BCUT2D eigenvalue weighted by Crippen LogP contribution is -2.31. The fourth-order valence-electron chi connectivity index (χ4n) is 2.58. The highest BCUT2D eigenvalue weighted by molar-refractivity contribution is 5.97. The van der Waals surface area contributed by atoms with E-state index in [9.17, 15) is 22.8 Å². The summed E-state index contributed by atoms with van der Waals surface area (Å²) in [5.74, 6) is -0.663. The number of halogens is 3. The first-order valence-electron chi connectivity index (χ1n) is 9.04. The van der Waals surface area contributed by atoms with Crippen LogP contribution in [0, 0.1) is 5.92 Å². The molecule has 154 valence electrons. The molecule has 1 aliphatic carbocycles. The molecule has 3 rings (SSSR count). The Labute approximate surface area is 165 Å². The maximum absolute atomic E-state index is 12.3. The first kappa shape index (κ1) is 20.5. The fraction of sp³-hybridized carbons (Fsp3) is 0.300. The van der Waals surface area contributed by atoms with Gasteiger partial charge < -0.3 is 20.7 Å². The number of nitrogens with one attached hydrogen (secondary N) is 3. The summed E-state index contributed by atoms with van der Waals surface area (Å²) < 4.78 is 40.3. The van der Waals surface area contributed by atoms with Gasteiger partial charge in [-0.15, -0.1) is 13.2 Å². The van der Waals surface area contributed by atoms with Gasteiger partial charge in [-0.25, -0.2) is 0 Å². The number of carbonyl (C=O) groups excluding carboxylic acids is 2. The van der Waals surface area contributed by atoms with Crippen molar-refractivity contribution in [2.75, 3.05) is 16.0 Å². The lowest BCUT2D eigenvalue weighted by atomic mass is 10.2. The standard InChI is InChI=1S/C20H20F3N3O3/c1-12(18(27)25-14-7-9-17(10-8-14)29-20(21,22)23)24-15-3-2-4-16(11-15)26-19(28)13-5-6-13/h2-4,7-13,24H,5-6H2,1H3,(H,25,27)(H,26,28)/t12-/m0/s1. The van der Waals surface area contributed by atoms with Gasteiger partial charge in [-0.3, -0.25) is 9.59 Å². The topological polar surface area (TPSA) is 79.5 Å². The molecule has 2 aromatic carbocycles. The van der Waals surface area contributed by atoms with Gasteiger partial charge >= 0.3 is 6.36 Å². The van der Waals surface area contributed by atoms with Crippen LogP contribution in [-0.4, -0.2) is 24.2 Å². The summed E-state index contributed by atoms with van der Waals surface area (Å²) in [6.45, 7) is 1.64. The van der Waals surface area contributed by atoms with E-state index >= 15 is 0 Å². The Kier molecular flexibility index (Phi) is 5.95. The molecule has 2 aromatic rings. The van der Waals surface area contributed by atoms with E-state index in [2.05, 4.69) is 20.7 Å². The molecule has 6 nitrogen and oxygen atoms in total. The minimum absolute atomic E-state index is 0.00843. The molecule has 2 amide bonds. The van der Waals surface area contributed by atoms with Crippen molar-refractivity contribution in [2.45, 2.75) is 32.2 Å². The van der Waals surface area contributed by atoms with E-state index in [1.54, 1.807) is 31.2 Å². The van der Waals surface area contributed by atoms with E-state index < -0.39 is 12.4 Å². The van der Waals surface area contributed by atoms with Crippen molar-refractivity contribution in [3.8, 4) is 5.75 Å². The minimum Gasteiger partial charge on any atom is -0.406 e. The average molecular weight is 407 g/mol. The molecule has 0 spiro atoms. The number of rotatable bonds is 7. The van der Waals surface area contributed by atoms with Gasteiger partial charge in [0.2, 0.25) is 11.8 Å². The molecule has 0 heterocycles. The molecular weight excluding hydrogens is 387 g/mol. The van der Waals surface area contributed by atoms with Crippen LogP contribution in [0.5, 0.6) is 5.75 Å². The first-order valence-corrected chi connectivity index (χ1v) is 9.04. The van der Waals surface area contributed by atoms with Crippen LogP contribution in [0.4, 0.5) is 30.2 Å². The average Bonchev–Trinajstić information content (AvgIpc) is 3.47. The van der Waals surface area contributed by atoms with Crippen LogP contribution in [0.15, 0.2) is 48.5 Å². The Morgan fingerprint density at radius 3 is 2.28 bits per heavy atom. The third-order valence-corrected chi connectivity index (χ3v) is 4.21. The number of anilines is 3. The highest BCUT2D eigenvalue weighted by Gasteiger charge is 2.31. The van der Waals surface area contributed by atoms with Crippen molar-refractivity contribution in [1.82, 2.24) is 0 Å². The Bertz CT molecular complexity index is 881. The highest BCUT2D eigenvalue weighted by atomic mass is 19.4. The molecule has 0 aliphatic heterocycles. The van der Waals surface area contributed by atoms with Crippen molar-refractivity contribution in [1.29, 1.82) is 0 Å². The van der Waals surface area contributed by atoms with E-state index in [4.69, 9.17) is 0 Å². The number of alkyl halides is 3. The van der Waals surface area contributed by atoms with Gasteiger partial charge in [0.25, 0.3) is 0 Å². The molecule has 0 unspecified atom stereocenters. The van der Waals surface area contributed by atoms with Crippen LogP contribution < -0.4 is 20.7 Å². The summed E-state index contributed by atoms with van der Waals surface area (Å²) in [5.41, 5.74) is 1.62. The third-order valence-electron chi connectivity index (χ3n) is 4.21. The molecule has 3 N–H and O–H groups in total. The maximum Gasteiger partial charge on any atom is 0.573 e. The number of hydrogen-bond donors (Lipinski definition) is 3. The van der Waals surface area contributed by atoms with Gasteiger partial charge in [0, 0.05) is 23.0 Å². The molecule has 1 atom stereocenters. The first-order chi connectivity index (χ1) is 13.7. The van der Waals surface area contributed by atoms with Crippen molar-refractivity contribution in [3.05, 3.63) is 48.5 Å². The Balaban J connectivity index is 1.54. The number of benzene rings is 2. The number of amides is 2. The summed E-state index contributed by atoms with van der Waals surface area (Å²) in [5, 5.41) is 8.48. The lowest BCUT2D eigenvalue weighted by molar-refractivity contribution is -0.274. The van der Waals surface area contributed by atoms with Crippen LogP contribution in [0.25, 0.3) is 0 Å². The minimum atomic E-state index is -4.77. The second-order valence-electron chi connectivity index (χ2n) is 6.77. The SMILES string of the molecule is C[C@H](Nc1cccc(NC(=O)C2CC2)c1)C(=O)Nc1ccc(OC(F)(F)F)cc1.